The number of benzene rings is 1. The van der Waals surface area contributed by atoms with Gasteiger partial charge in [-0.2, -0.15) is 4.72 Å². The summed E-state index contributed by atoms with van der Waals surface area (Å²) < 4.78 is 25.4. The first kappa shape index (κ1) is 25.0. The molecular weight excluding hydrogens is 396 g/mol. The molecule has 1 amide bonds. The van der Waals surface area contributed by atoms with Crippen LogP contribution in [-0.2, 0) is 19.6 Å². The smallest absolute Gasteiger partial charge is 0.321 e. The third kappa shape index (κ3) is 9.35. The number of hydrogen-bond donors (Lipinski definition) is 5. The fourth-order valence-electron chi connectivity index (χ4n) is 2.36. The van der Waals surface area contributed by atoms with Crippen LogP contribution in [0.1, 0.15) is 33.3 Å². The van der Waals surface area contributed by atoms with Crippen molar-refractivity contribution in [1.82, 2.24) is 20.7 Å². The van der Waals surface area contributed by atoms with Gasteiger partial charge in [-0.25, -0.2) is 8.42 Å². The van der Waals surface area contributed by atoms with E-state index in [9.17, 15) is 18.0 Å². The Hall–Kier alpha value is -2.01. The van der Waals surface area contributed by atoms with Crippen molar-refractivity contribution in [1.29, 1.82) is 0 Å². The summed E-state index contributed by atoms with van der Waals surface area (Å²) in [5.74, 6) is -1.13. The number of carboxylic acid groups (broad SMARTS) is 1. The molecule has 0 aromatic heterocycles. The van der Waals surface area contributed by atoms with Crippen molar-refractivity contribution in [2.45, 2.75) is 57.1 Å². The number of carbonyl (C=O) groups excluding carboxylic acids is 1. The van der Waals surface area contributed by atoms with Crippen molar-refractivity contribution in [3.05, 3.63) is 29.8 Å². The van der Waals surface area contributed by atoms with Crippen LogP contribution in [-0.4, -0.2) is 62.7 Å². The van der Waals surface area contributed by atoms with Gasteiger partial charge in [-0.1, -0.05) is 17.7 Å². The Bertz CT molecular complexity index is 782. The molecule has 29 heavy (non-hydrogen) atoms. The number of nitrogens with one attached hydrogen (secondary N) is 4. The lowest BCUT2D eigenvalue weighted by Crippen LogP contribution is -2.58. The molecular formula is C19H32N4O5S. The average molecular weight is 429 g/mol. The van der Waals surface area contributed by atoms with Crippen molar-refractivity contribution in [2.75, 3.05) is 19.6 Å². The van der Waals surface area contributed by atoms with Crippen LogP contribution in [0.15, 0.2) is 29.2 Å². The van der Waals surface area contributed by atoms with Crippen molar-refractivity contribution in [3.63, 3.8) is 0 Å². The van der Waals surface area contributed by atoms with Gasteiger partial charge in [0.1, 0.15) is 6.04 Å². The number of aliphatic carboxylic acids is 1. The second kappa shape index (κ2) is 10.7. The van der Waals surface area contributed by atoms with Crippen molar-refractivity contribution in [2.24, 2.45) is 0 Å². The van der Waals surface area contributed by atoms with E-state index in [4.69, 9.17) is 5.11 Å². The Morgan fingerprint density at radius 2 is 1.76 bits per heavy atom. The highest BCUT2D eigenvalue weighted by molar-refractivity contribution is 7.89. The van der Waals surface area contributed by atoms with E-state index in [0.717, 1.165) is 25.2 Å². The molecule has 1 aromatic carbocycles. The molecule has 2 rings (SSSR count). The molecule has 1 fully saturated rings. The Morgan fingerprint density at radius 1 is 1.17 bits per heavy atom. The molecule has 164 valence electrons. The number of rotatable bonds is 5. The first-order chi connectivity index (χ1) is 13.3. The van der Waals surface area contributed by atoms with Gasteiger partial charge in [-0.05, 0) is 46.8 Å². The number of carbonyl (C=O) groups is 2. The molecule has 0 radical (unpaired) electrons. The largest absolute Gasteiger partial charge is 0.480 e. The molecule has 1 heterocycles. The molecule has 1 aromatic rings. The molecule has 1 aliphatic rings. The highest BCUT2D eigenvalue weighted by Gasteiger charge is 2.23. The maximum Gasteiger partial charge on any atom is 0.321 e. The zero-order valence-corrected chi connectivity index (χ0v) is 18.4. The molecule has 0 saturated carbocycles. The second-order valence-corrected chi connectivity index (χ2v) is 9.66. The van der Waals surface area contributed by atoms with Crippen LogP contribution in [0.3, 0.4) is 0 Å². The lowest BCUT2D eigenvalue weighted by molar-refractivity contribution is -0.138. The fourth-order valence-corrected chi connectivity index (χ4v) is 3.56. The number of hydrogen-bond acceptors (Lipinski definition) is 6. The van der Waals surface area contributed by atoms with E-state index in [1.165, 1.54) is 19.1 Å². The van der Waals surface area contributed by atoms with Gasteiger partial charge in [0.2, 0.25) is 15.9 Å². The van der Waals surface area contributed by atoms with E-state index < -0.39 is 22.0 Å². The zero-order chi connectivity index (χ0) is 22.2. The van der Waals surface area contributed by atoms with Crippen LogP contribution in [0.4, 0.5) is 0 Å². The van der Waals surface area contributed by atoms with E-state index in [2.05, 4.69) is 20.7 Å². The first-order valence-corrected chi connectivity index (χ1v) is 10.9. The lowest BCUT2D eigenvalue weighted by Gasteiger charge is -2.28. The minimum Gasteiger partial charge on any atom is -0.480 e. The summed E-state index contributed by atoms with van der Waals surface area (Å²) in [6.07, 6.45) is 0. The van der Waals surface area contributed by atoms with Gasteiger partial charge in [0.15, 0.2) is 0 Å². The van der Waals surface area contributed by atoms with Crippen LogP contribution in [0.5, 0.6) is 0 Å². The Labute approximate surface area is 172 Å². The van der Waals surface area contributed by atoms with Crippen LogP contribution in [0.25, 0.3) is 0 Å². The van der Waals surface area contributed by atoms with Crippen molar-refractivity contribution < 1.29 is 23.1 Å². The monoisotopic (exact) mass is 428 g/mol. The lowest BCUT2D eigenvalue weighted by atomic mass is 10.1. The molecule has 0 aliphatic carbocycles. The molecule has 1 saturated heterocycles. The van der Waals surface area contributed by atoms with Crippen LogP contribution < -0.4 is 20.7 Å². The number of carboxylic acids is 1. The Morgan fingerprint density at radius 3 is 2.21 bits per heavy atom. The average Bonchev–Trinajstić information content (AvgIpc) is 2.61. The number of aryl methyl sites for hydroxylation is 1. The summed E-state index contributed by atoms with van der Waals surface area (Å²) in [5, 5.41) is 17.9. The fraction of sp³-hybridized carbons (Fsp3) is 0.579. The molecule has 5 N–H and O–H groups in total. The summed E-state index contributed by atoms with van der Waals surface area (Å²) in [5.41, 5.74) is 0.793. The minimum absolute atomic E-state index is 0.0613. The summed E-state index contributed by atoms with van der Waals surface area (Å²) in [4.78, 5) is 22.2. The molecule has 0 spiro atoms. The minimum atomic E-state index is -3.75. The molecule has 10 heteroatoms. The highest BCUT2D eigenvalue weighted by atomic mass is 32.2. The maximum atomic E-state index is 11.7. The Balaban J connectivity index is 0.000000296. The maximum absolute atomic E-state index is 11.7. The van der Waals surface area contributed by atoms with E-state index >= 15 is 0 Å². The third-order valence-corrected chi connectivity index (χ3v) is 5.45. The standard InChI is InChI=1S/C10H13NO4S.C9H19N3O/c1-7-3-5-9(6-4-7)16(14,15)11-8(2)10(12)13;1-9(2,3)12-8(13)7-6-10-4-5-11-7/h3-6,8,11H,1-2H3,(H,12,13);7,10-11H,4-6H2,1-3H3,(H,12,13)/t8-;7-/m01/s1. The van der Waals surface area contributed by atoms with Gasteiger partial charge < -0.3 is 21.1 Å². The predicted octanol–water partition coefficient (Wildman–Crippen LogP) is 0.209. The predicted molar refractivity (Wildman–Crippen MR) is 111 cm³/mol. The second-order valence-electron chi connectivity index (χ2n) is 7.94. The normalized spacial score (nSPS) is 18.2. The van der Waals surface area contributed by atoms with Gasteiger partial charge in [0, 0.05) is 25.2 Å². The van der Waals surface area contributed by atoms with E-state index in [0.29, 0.717) is 0 Å². The number of amides is 1. The quantitative estimate of drug-likeness (QED) is 0.452. The van der Waals surface area contributed by atoms with Crippen LogP contribution in [0.2, 0.25) is 0 Å². The topological polar surface area (TPSA) is 137 Å². The third-order valence-electron chi connectivity index (χ3n) is 3.89. The summed E-state index contributed by atoms with van der Waals surface area (Å²) >= 11 is 0. The summed E-state index contributed by atoms with van der Waals surface area (Å²) in [7, 11) is -3.75. The van der Waals surface area contributed by atoms with Gasteiger partial charge in [-0.3, -0.25) is 9.59 Å². The molecule has 0 unspecified atom stereocenters. The molecule has 0 bridgehead atoms. The van der Waals surface area contributed by atoms with Gasteiger partial charge in [0.05, 0.1) is 10.9 Å². The van der Waals surface area contributed by atoms with E-state index in [-0.39, 0.29) is 22.4 Å². The Kier molecular flexibility index (Phi) is 9.21. The van der Waals surface area contributed by atoms with Gasteiger partial charge >= 0.3 is 5.97 Å². The van der Waals surface area contributed by atoms with Crippen LogP contribution in [0, 0.1) is 6.92 Å². The van der Waals surface area contributed by atoms with Crippen molar-refractivity contribution in [3.8, 4) is 0 Å². The zero-order valence-electron chi connectivity index (χ0n) is 17.6. The highest BCUT2D eigenvalue weighted by Crippen LogP contribution is 2.10. The van der Waals surface area contributed by atoms with Gasteiger partial charge in [0.25, 0.3) is 0 Å². The molecule has 1 aliphatic heterocycles. The van der Waals surface area contributed by atoms with E-state index in [1.54, 1.807) is 12.1 Å². The molecule has 2 atom stereocenters. The summed E-state index contributed by atoms with van der Waals surface area (Å²) in [6, 6.07) is 4.96. The molecule has 9 nitrogen and oxygen atoms in total. The summed E-state index contributed by atoms with van der Waals surface area (Å²) in [6.45, 7) is 11.6. The number of sulfonamides is 1. The van der Waals surface area contributed by atoms with Crippen LogP contribution >= 0.6 is 0 Å². The first-order valence-electron chi connectivity index (χ1n) is 9.40. The number of piperazine rings is 1. The SMILES string of the molecule is CC(C)(C)NC(=O)[C@H]1CNCCN1.Cc1ccc(S(=O)(=O)N[C@@H](C)C(=O)O)cc1. The van der Waals surface area contributed by atoms with Crippen molar-refractivity contribution >= 4 is 21.9 Å². The van der Waals surface area contributed by atoms with Gasteiger partial charge in [-0.15, -0.1) is 0 Å². The van der Waals surface area contributed by atoms with E-state index in [1.807, 2.05) is 27.7 Å².